The Labute approximate surface area is 89.8 Å². The van der Waals surface area contributed by atoms with E-state index in [4.69, 9.17) is 10.00 Å². The number of nitriles is 1. The lowest BCUT2D eigenvalue weighted by atomic mass is 10.3. The van der Waals surface area contributed by atoms with E-state index in [9.17, 15) is 4.79 Å². The molecule has 0 N–H and O–H groups in total. The Balaban J connectivity index is 3.41. The molecular formula is C10H17NO2S. The number of carbonyl (C=O) groups is 1. The molecule has 4 heteroatoms. The Hall–Kier alpha value is -0.690. The van der Waals surface area contributed by atoms with Crippen LogP contribution in [0.2, 0.25) is 0 Å². The van der Waals surface area contributed by atoms with Crippen LogP contribution in [-0.4, -0.2) is 23.6 Å². The molecular weight excluding hydrogens is 198 g/mol. The van der Waals surface area contributed by atoms with Gasteiger partial charge in [-0.2, -0.15) is 17.0 Å². The lowest BCUT2D eigenvalue weighted by Gasteiger charge is -2.08. The van der Waals surface area contributed by atoms with Gasteiger partial charge in [0.1, 0.15) is 6.10 Å². The topological polar surface area (TPSA) is 50.1 Å². The van der Waals surface area contributed by atoms with Crippen LogP contribution in [0.15, 0.2) is 0 Å². The molecule has 0 rings (SSSR count). The minimum atomic E-state index is -0.278. The molecule has 14 heavy (non-hydrogen) atoms. The third kappa shape index (κ3) is 7.93. The summed E-state index contributed by atoms with van der Waals surface area (Å²) in [5, 5.41) is 8.35. The normalized spacial score (nSPS) is 11.8. The largest absolute Gasteiger partial charge is 0.461 e. The van der Waals surface area contributed by atoms with Gasteiger partial charge in [-0.1, -0.05) is 13.3 Å². The molecule has 0 fully saturated rings. The van der Waals surface area contributed by atoms with E-state index in [-0.39, 0.29) is 18.5 Å². The summed E-state index contributed by atoms with van der Waals surface area (Å²) in [6.45, 7) is 3.85. The number of hydrogen-bond acceptors (Lipinski definition) is 4. The molecule has 3 nitrogen and oxygen atoms in total. The smallest absolute Gasteiger partial charge is 0.316 e. The van der Waals surface area contributed by atoms with Crippen molar-refractivity contribution in [3.8, 4) is 6.07 Å². The first kappa shape index (κ1) is 13.3. The number of thioether (sulfide) groups is 1. The van der Waals surface area contributed by atoms with Crippen LogP contribution in [0.3, 0.4) is 0 Å². The van der Waals surface area contributed by atoms with E-state index in [0.29, 0.717) is 5.75 Å². The number of nitrogens with zero attached hydrogens (tertiary/aromatic N) is 1. The predicted octanol–water partition coefficient (Wildman–Crippen LogP) is 2.37. The molecule has 0 aromatic rings. The molecule has 0 saturated heterocycles. The van der Waals surface area contributed by atoms with E-state index in [1.54, 1.807) is 18.7 Å². The van der Waals surface area contributed by atoms with E-state index in [1.165, 1.54) is 0 Å². The maximum Gasteiger partial charge on any atom is 0.316 e. The fraction of sp³-hybridized carbons (Fsp3) is 0.800. The Morgan fingerprint density at radius 3 is 2.93 bits per heavy atom. The highest BCUT2D eigenvalue weighted by atomic mass is 32.2. The van der Waals surface area contributed by atoms with Crippen LogP contribution in [0, 0.1) is 11.3 Å². The van der Waals surface area contributed by atoms with Crippen LogP contribution < -0.4 is 0 Å². The number of esters is 1. The highest BCUT2D eigenvalue weighted by Gasteiger charge is 2.08. The molecule has 0 unspecified atom stereocenters. The standard InChI is InChI=1S/C10H17NO2S/c1-3-4-7-14-8-10(12)13-9(2)5-6-11/h9H,3-5,7-8H2,1-2H3/t9-/m0/s1. The molecule has 0 spiro atoms. The zero-order chi connectivity index (χ0) is 10.8. The fourth-order valence-corrected chi connectivity index (χ4v) is 1.70. The summed E-state index contributed by atoms with van der Waals surface area (Å²) in [6.07, 6.45) is 2.27. The first-order valence-corrected chi connectivity index (χ1v) is 6.00. The average Bonchev–Trinajstić information content (AvgIpc) is 2.13. The van der Waals surface area contributed by atoms with E-state index < -0.39 is 0 Å². The molecule has 0 saturated carbocycles. The second-order valence-electron chi connectivity index (χ2n) is 3.07. The van der Waals surface area contributed by atoms with Gasteiger partial charge in [0.2, 0.25) is 0 Å². The quantitative estimate of drug-likeness (QED) is 0.483. The van der Waals surface area contributed by atoms with Crippen molar-refractivity contribution in [1.82, 2.24) is 0 Å². The van der Waals surface area contributed by atoms with Crippen LogP contribution in [0.5, 0.6) is 0 Å². The van der Waals surface area contributed by atoms with Gasteiger partial charge in [-0.3, -0.25) is 4.79 Å². The first-order valence-electron chi connectivity index (χ1n) is 4.84. The summed E-state index contributed by atoms with van der Waals surface area (Å²) in [7, 11) is 0. The highest BCUT2D eigenvalue weighted by Crippen LogP contribution is 2.06. The molecule has 0 amide bonds. The van der Waals surface area contributed by atoms with Gasteiger partial charge in [-0.25, -0.2) is 0 Å². The van der Waals surface area contributed by atoms with Gasteiger partial charge in [0, 0.05) is 0 Å². The Kier molecular flexibility index (Phi) is 8.45. The minimum Gasteiger partial charge on any atom is -0.461 e. The van der Waals surface area contributed by atoms with Crippen molar-refractivity contribution in [2.24, 2.45) is 0 Å². The van der Waals surface area contributed by atoms with Crippen LogP contribution in [-0.2, 0) is 9.53 Å². The van der Waals surface area contributed by atoms with Crippen molar-refractivity contribution in [2.45, 2.75) is 39.2 Å². The van der Waals surface area contributed by atoms with Gasteiger partial charge in [0.15, 0.2) is 0 Å². The van der Waals surface area contributed by atoms with Gasteiger partial charge < -0.3 is 4.74 Å². The van der Waals surface area contributed by atoms with Crippen LogP contribution in [0.4, 0.5) is 0 Å². The van der Waals surface area contributed by atoms with Crippen molar-refractivity contribution in [1.29, 1.82) is 5.26 Å². The first-order chi connectivity index (χ1) is 6.70. The van der Waals surface area contributed by atoms with Gasteiger partial charge in [0.25, 0.3) is 0 Å². The summed E-state index contributed by atoms with van der Waals surface area (Å²) in [4.78, 5) is 11.1. The average molecular weight is 215 g/mol. The maximum atomic E-state index is 11.1. The molecule has 80 valence electrons. The summed E-state index contributed by atoms with van der Waals surface area (Å²) in [5.74, 6) is 1.18. The Morgan fingerprint density at radius 2 is 2.36 bits per heavy atom. The van der Waals surface area contributed by atoms with Crippen molar-refractivity contribution in [2.75, 3.05) is 11.5 Å². The van der Waals surface area contributed by atoms with Crippen molar-refractivity contribution >= 4 is 17.7 Å². The monoisotopic (exact) mass is 215 g/mol. The van der Waals surface area contributed by atoms with E-state index in [2.05, 4.69) is 6.92 Å². The molecule has 1 atom stereocenters. The SMILES string of the molecule is CCCCSCC(=O)O[C@@H](C)CC#N. The van der Waals surface area contributed by atoms with Gasteiger partial charge in [-0.15, -0.1) is 0 Å². The lowest BCUT2D eigenvalue weighted by molar-refractivity contribution is -0.144. The predicted molar refractivity (Wildman–Crippen MR) is 58.0 cm³/mol. The molecule has 0 aromatic carbocycles. The van der Waals surface area contributed by atoms with Gasteiger partial charge >= 0.3 is 5.97 Å². The van der Waals surface area contributed by atoms with Gasteiger partial charge in [-0.05, 0) is 19.1 Å². The van der Waals surface area contributed by atoms with Crippen LogP contribution in [0.1, 0.15) is 33.1 Å². The highest BCUT2D eigenvalue weighted by molar-refractivity contribution is 7.99. The third-order valence-corrected chi connectivity index (χ3v) is 2.59. The second-order valence-corrected chi connectivity index (χ2v) is 4.17. The molecule has 0 aliphatic carbocycles. The molecule has 0 aromatic heterocycles. The summed E-state index contributed by atoms with van der Waals surface area (Å²) >= 11 is 1.59. The number of ether oxygens (including phenoxy) is 1. The zero-order valence-corrected chi connectivity index (χ0v) is 9.60. The van der Waals surface area contributed by atoms with Crippen LogP contribution >= 0.6 is 11.8 Å². The second kappa shape index (κ2) is 8.89. The number of unbranched alkanes of at least 4 members (excludes halogenated alkanes) is 1. The van der Waals surface area contributed by atoms with Gasteiger partial charge in [0.05, 0.1) is 18.2 Å². The maximum absolute atomic E-state index is 11.1. The molecule has 0 aliphatic rings. The van der Waals surface area contributed by atoms with Crippen molar-refractivity contribution in [3.63, 3.8) is 0 Å². The number of carbonyl (C=O) groups excluding carboxylic acids is 1. The summed E-state index contributed by atoms with van der Waals surface area (Å²) < 4.78 is 4.99. The summed E-state index contributed by atoms with van der Waals surface area (Å²) in [6, 6.07) is 1.97. The molecule has 0 radical (unpaired) electrons. The zero-order valence-electron chi connectivity index (χ0n) is 8.78. The molecule has 0 heterocycles. The van der Waals surface area contributed by atoms with E-state index in [1.807, 2.05) is 6.07 Å². The number of rotatable bonds is 7. The third-order valence-electron chi connectivity index (χ3n) is 1.57. The van der Waals surface area contributed by atoms with E-state index in [0.717, 1.165) is 18.6 Å². The Morgan fingerprint density at radius 1 is 1.64 bits per heavy atom. The fourth-order valence-electron chi connectivity index (χ4n) is 0.831. The van der Waals surface area contributed by atoms with Crippen LogP contribution in [0.25, 0.3) is 0 Å². The lowest BCUT2D eigenvalue weighted by Crippen LogP contribution is -2.16. The molecule has 0 bridgehead atoms. The van der Waals surface area contributed by atoms with E-state index >= 15 is 0 Å². The van der Waals surface area contributed by atoms with Crippen molar-refractivity contribution < 1.29 is 9.53 Å². The summed E-state index contributed by atoms with van der Waals surface area (Å²) in [5.41, 5.74) is 0. The number of hydrogen-bond donors (Lipinski definition) is 0. The minimum absolute atomic E-state index is 0.214. The Bertz CT molecular complexity index is 201. The van der Waals surface area contributed by atoms with Crippen molar-refractivity contribution in [3.05, 3.63) is 0 Å². The molecule has 0 aliphatic heterocycles.